The lowest BCUT2D eigenvalue weighted by Gasteiger charge is -2.11. The first-order valence-corrected chi connectivity index (χ1v) is 10.3. The Kier molecular flexibility index (Phi) is 5.06. The molecule has 0 saturated carbocycles. The van der Waals surface area contributed by atoms with E-state index in [2.05, 4.69) is 5.32 Å². The van der Waals surface area contributed by atoms with Crippen LogP contribution in [0.15, 0.2) is 41.3 Å². The zero-order valence-electron chi connectivity index (χ0n) is 15.6. The van der Waals surface area contributed by atoms with Crippen LogP contribution in [0.25, 0.3) is 0 Å². The molecule has 0 aliphatic carbocycles. The molecule has 0 saturated heterocycles. The van der Waals surface area contributed by atoms with Gasteiger partial charge in [0.25, 0.3) is 0 Å². The number of aryl methyl sites for hydroxylation is 2. The fourth-order valence-electron chi connectivity index (χ4n) is 3.15. The Morgan fingerprint density at radius 2 is 1.89 bits per heavy atom. The molecule has 6 nitrogen and oxygen atoms in total. The van der Waals surface area contributed by atoms with Crippen LogP contribution in [0.3, 0.4) is 0 Å². The largest absolute Gasteiger partial charge is 0.326 e. The Morgan fingerprint density at radius 3 is 2.59 bits per heavy atom. The SMILES string of the molecule is Cc1ccc(NC(=O)CCS(=O)(=O)c2ccc3c(c2)CC(=O)N3C)c(C)c1. The summed E-state index contributed by atoms with van der Waals surface area (Å²) in [5.74, 6) is -0.694. The first-order chi connectivity index (χ1) is 12.7. The number of likely N-dealkylation sites (N-methyl/N-ethyl adjacent to an activating group) is 1. The van der Waals surface area contributed by atoms with Crippen LogP contribution in [0.5, 0.6) is 0 Å². The number of benzene rings is 2. The summed E-state index contributed by atoms with van der Waals surface area (Å²) < 4.78 is 25.2. The van der Waals surface area contributed by atoms with Crippen LogP contribution in [0.4, 0.5) is 11.4 Å². The molecule has 1 aliphatic heterocycles. The second-order valence-electron chi connectivity index (χ2n) is 6.86. The number of amides is 2. The van der Waals surface area contributed by atoms with E-state index in [1.165, 1.54) is 17.0 Å². The molecule has 0 radical (unpaired) electrons. The first-order valence-electron chi connectivity index (χ1n) is 8.67. The molecule has 142 valence electrons. The van der Waals surface area contributed by atoms with Crippen molar-refractivity contribution in [3.63, 3.8) is 0 Å². The number of fused-ring (bicyclic) bond motifs is 1. The number of sulfone groups is 1. The Morgan fingerprint density at radius 1 is 1.15 bits per heavy atom. The Bertz CT molecular complexity index is 1030. The lowest BCUT2D eigenvalue weighted by molar-refractivity contribution is -0.117. The zero-order chi connectivity index (χ0) is 19.8. The second-order valence-corrected chi connectivity index (χ2v) is 8.96. The molecule has 2 amide bonds. The highest BCUT2D eigenvalue weighted by Crippen LogP contribution is 2.30. The Hall–Kier alpha value is -2.67. The second kappa shape index (κ2) is 7.15. The molecule has 0 unspecified atom stereocenters. The van der Waals surface area contributed by atoms with Gasteiger partial charge in [-0.3, -0.25) is 9.59 Å². The molecule has 0 fully saturated rings. The lowest BCUT2D eigenvalue weighted by Crippen LogP contribution is -2.20. The van der Waals surface area contributed by atoms with Gasteiger partial charge >= 0.3 is 0 Å². The van der Waals surface area contributed by atoms with Gasteiger partial charge in [0, 0.05) is 24.8 Å². The van der Waals surface area contributed by atoms with Crippen molar-refractivity contribution in [2.24, 2.45) is 0 Å². The van der Waals surface area contributed by atoms with Gasteiger partial charge in [-0.1, -0.05) is 17.7 Å². The molecule has 7 heteroatoms. The number of nitrogens with zero attached hydrogens (tertiary/aromatic N) is 1. The molecule has 1 N–H and O–H groups in total. The van der Waals surface area contributed by atoms with Crippen LogP contribution in [-0.2, 0) is 25.8 Å². The maximum Gasteiger partial charge on any atom is 0.231 e. The van der Waals surface area contributed by atoms with E-state index in [1.54, 1.807) is 13.1 Å². The van der Waals surface area contributed by atoms with Crippen molar-refractivity contribution in [2.45, 2.75) is 31.6 Å². The minimum absolute atomic E-state index is 0.0626. The summed E-state index contributed by atoms with van der Waals surface area (Å²) in [6, 6.07) is 10.3. The summed E-state index contributed by atoms with van der Waals surface area (Å²) >= 11 is 0. The molecular formula is C20H22N2O4S. The van der Waals surface area contributed by atoms with Gasteiger partial charge in [-0.25, -0.2) is 8.42 Å². The van der Waals surface area contributed by atoms with Crippen LogP contribution in [0.1, 0.15) is 23.1 Å². The quantitative estimate of drug-likeness (QED) is 0.856. The van der Waals surface area contributed by atoms with Crippen molar-refractivity contribution >= 4 is 33.0 Å². The van der Waals surface area contributed by atoms with E-state index < -0.39 is 9.84 Å². The van der Waals surface area contributed by atoms with Crippen molar-refractivity contribution in [1.29, 1.82) is 0 Å². The van der Waals surface area contributed by atoms with Crippen molar-refractivity contribution in [3.05, 3.63) is 53.1 Å². The van der Waals surface area contributed by atoms with Gasteiger partial charge in [-0.15, -0.1) is 0 Å². The maximum absolute atomic E-state index is 12.6. The van der Waals surface area contributed by atoms with E-state index in [-0.39, 0.29) is 35.3 Å². The molecular weight excluding hydrogens is 364 g/mol. The highest BCUT2D eigenvalue weighted by Gasteiger charge is 2.26. The maximum atomic E-state index is 12.6. The van der Waals surface area contributed by atoms with Crippen LogP contribution < -0.4 is 10.2 Å². The number of rotatable bonds is 5. The molecule has 0 spiro atoms. The molecule has 1 heterocycles. The van der Waals surface area contributed by atoms with Gasteiger partial charge in [0.2, 0.25) is 11.8 Å². The number of carbonyl (C=O) groups excluding carboxylic acids is 2. The van der Waals surface area contributed by atoms with E-state index in [0.29, 0.717) is 11.3 Å². The molecule has 0 aromatic heterocycles. The van der Waals surface area contributed by atoms with Crippen molar-refractivity contribution in [1.82, 2.24) is 0 Å². The van der Waals surface area contributed by atoms with Gasteiger partial charge in [-0.05, 0) is 49.2 Å². The zero-order valence-corrected chi connectivity index (χ0v) is 16.4. The summed E-state index contributed by atoms with van der Waals surface area (Å²) in [6.07, 6.45) is 0.0634. The highest BCUT2D eigenvalue weighted by atomic mass is 32.2. The fraction of sp³-hybridized carbons (Fsp3) is 0.300. The van der Waals surface area contributed by atoms with Gasteiger partial charge < -0.3 is 10.2 Å². The van der Waals surface area contributed by atoms with E-state index >= 15 is 0 Å². The molecule has 1 aliphatic rings. The third kappa shape index (κ3) is 4.03. The Balaban J connectivity index is 1.67. The van der Waals surface area contributed by atoms with Crippen LogP contribution >= 0.6 is 0 Å². The summed E-state index contributed by atoms with van der Waals surface area (Å²) in [6.45, 7) is 3.86. The summed E-state index contributed by atoms with van der Waals surface area (Å²) in [5.41, 5.74) is 4.13. The molecule has 27 heavy (non-hydrogen) atoms. The number of hydrogen-bond acceptors (Lipinski definition) is 4. The third-order valence-corrected chi connectivity index (χ3v) is 6.45. The number of anilines is 2. The van der Waals surface area contributed by atoms with Crippen molar-refractivity contribution in [2.75, 3.05) is 23.0 Å². The predicted molar refractivity (Wildman–Crippen MR) is 105 cm³/mol. The van der Waals surface area contributed by atoms with Gasteiger partial charge in [0.1, 0.15) is 0 Å². The first kappa shape index (κ1) is 19.1. The van der Waals surface area contributed by atoms with Gasteiger partial charge in [0.15, 0.2) is 9.84 Å². The number of nitrogens with one attached hydrogen (secondary N) is 1. The predicted octanol–water partition coefficient (Wildman–Crippen LogP) is 2.62. The van der Waals surface area contributed by atoms with E-state index in [9.17, 15) is 18.0 Å². The highest BCUT2D eigenvalue weighted by molar-refractivity contribution is 7.91. The number of carbonyl (C=O) groups is 2. The topological polar surface area (TPSA) is 83.5 Å². The fourth-order valence-corrected chi connectivity index (χ4v) is 4.44. The third-order valence-electron chi connectivity index (χ3n) is 4.74. The van der Waals surface area contributed by atoms with Crippen molar-refractivity contribution in [3.8, 4) is 0 Å². The summed E-state index contributed by atoms with van der Waals surface area (Å²) in [5, 5.41) is 2.76. The van der Waals surface area contributed by atoms with E-state index in [4.69, 9.17) is 0 Å². The average molecular weight is 386 g/mol. The van der Waals surface area contributed by atoms with Crippen LogP contribution in [0, 0.1) is 13.8 Å². The molecule has 2 aromatic carbocycles. The standard InChI is InChI=1S/C20H22N2O4S/c1-13-4-6-17(14(2)10-13)21-19(23)8-9-27(25,26)16-5-7-18-15(11-16)12-20(24)22(18)3/h4-7,10-11H,8-9,12H2,1-3H3,(H,21,23). The lowest BCUT2D eigenvalue weighted by atomic mass is 10.1. The van der Waals surface area contributed by atoms with E-state index in [0.717, 1.165) is 16.8 Å². The van der Waals surface area contributed by atoms with E-state index in [1.807, 2.05) is 32.0 Å². The van der Waals surface area contributed by atoms with Crippen LogP contribution in [0.2, 0.25) is 0 Å². The summed E-state index contributed by atoms with van der Waals surface area (Å²) in [4.78, 5) is 25.6. The smallest absolute Gasteiger partial charge is 0.231 e. The molecule has 0 bridgehead atoms. The average Bonchev–Trinajstić information content (AvgIpc) is 2.89. The number of hydrogen-bond donors (Lipinski definition) is 1. The summed E-state index contributed by atoms with van der Waals surface area (Å²) in [7, 11) is -1.95. The molecule has 2 aromatic rings. The molecule has 0 atom stereocenters. The monoisotopic (exact) mass is 386 g/mol. The molecule has 3 rings (SSSR count). The van der Waals surface area contributed by atoms with Gasteiger partial charge in [0.05, 0.1) is 17.1 Å². The van der Waals surface area contributed by atoms with Crippen molar-refractivity contribution < 1.29 is 18.0 Å². The Labute approximate surface area is 159 Å². The minimum Gasteiger partial charge on any atom is -0.326 e. The van der Waals surface area contributed by atoms with Crippen LogP contribution in [-0.4, -0.2) is 33.0 Å². The van der Waals surface area contributed by atoms with Gasteiger partial charge in [-0.2, -0.15) is 0 Å². The normalized spacial score (nSPS) is 13.6. The minimum atomic E-state index is -3.61.